The summed E-state index contributed by atoms with van der Waals surface area (Å²) >= 11 is 0. The molecule has 0 aliphatic rings. The number of esters is 2. The van der Waals surface area contributed by atoms with Crippen molar-refractivity contribution in [2.75, 3.05) is 41.0 Å². The summed E-state index contributed by atoms with van der Waals surface area (Å²) < 4.78 is 17.3. The van der Waals surface area contributed by atoms with Crippen LogP contribution in [0.3, 0.4) is 0 Å². The van der Waals surface area contributed by atoms with Crippen LogP contribution in [-0.2, 0) is 28.6 Å². The Morgan fingerprint density at radius 3 is 1.34 bits per heavy atom. The van der Waals surface area contributed by atoms with Crippen LogP contribution in [-0.4, -0.2) is 80.6 Å². The normalized spacial score (nSPS) is 13.5. The van der Waals surface area contributed by atoms with E-state index >= 15 is 0 Å². The number of hydrogen-bond acceptors (Lipinski definition) is 6. The molecule has 356 valence electrons. The van der Waals surface area contributed by atoms with Gasteiger partial charge in [0.2, 0.25) is 0 Å². The average Bonchev–Trinajstić information content (AvgIpc) is 3.23. The zero-order chi connectivity index (χ0) is 45.6. The van der Waals surface area contributed by atoms with Crippen LogP contribution in [0.5, 0.6) is 0 Å². The standard InChI is InChI=1S/C54H93NO7/c1-6-8-10-12-14-16-18-20-22-24-25-26-27-29-30-32-34-36-38-40-42-44-52(56)61-49-50(48-60-47-46-51(54(58)59)55(3,4)5)62-53(57)45-43-41-39-37-35-33-31-28-23-21-19-17-15-13-11-9-7-2/h9,11,15,17-18,20-21,23-25,31,33,50-51H,6-8,10,12-14,16,19,22,26-30,32,34-49H2,1-5H3/p+1/b11-9-,17-15-,20-18-,23-21-,25-24-,33-31-. The number of carbonyl (C=O) groups is 3. The summed E-state index contributed by atoms with van der Waals surface area (Å²) in [5.41, 5.74) is 0. The number of allylic oxidation sites excluding steroid dienone is 12. The summed E-state index contributed by atoms with van der Waals surface area (Å²) in [6.07, 6.45) is 56.6. The lowest BCUT2D eigenvalue weighted by Crippen LogP contribution is -2.50. The van der Waals surface area contributed by atoms with Gasteiger partial charge < -0.3 is 23.8 Å². The second kappa shape index (κ2) is 44.4. The molecule has 8 heteroatoms. The number of likely N-dealkylation sites (N-methyl/N-ethyl adjacent to an activating group) is 1. The van der Waals surface area contributed by atoms with Gasteiger partial charge in [0, 0.05) is 19.3 Å². The van der Waals surface area contributed by atoms with Crippen molar-refractivity contribution < 1.29 is 38.2 Å². The Hall–Kier alpha value is -3.23. The predicted octanol–water partition coefficient (Wildman–Crippen LogP) is 14.3. The van der Waals surface area contributed by atoms with Crippen LogP contribution in [0, 0.1) is 0 Å². The minimum absolute atomic E-state index is 0.0467. The Balaban J connectivity index is 4.31. The number of rotatable bonds is 44. The van der Waals surface area contributed by atoms with E-state index in [0.717, 1.165) is 83.5 Å². The van der Waals surface area contributed by atoms with Crippen molar-refractivity contribution >= 4 is 17.9 Å². The van der Waals surface area contributed by atoms with Crippen molar-refractivity contribution in [2.24, 2.45) is 0 Å². The van der Waals surface area contributed by atoms with Gasteiger partial charge in [-0.05, 0) is 83.5 Å². The largest absolute Gasteiger partial charge is 0.477 e. The van der Waals surface area contributed by atoms with Crippen molar-refractivity contribution in [3.63, 3.8) is 0 Å². The summed E-state index contributed by atoms with van der Waals surface area (Å²) in [6.45, 7) is 4.59. The lowest BCUT2D eigenvalue weighted by molar-refractivity contribution is -0.887. The van der Waals surface area contributed by atoms with E-state index in [1.165, 1.54) is 83.5 Å². The van der Waals surface area contributed by atoms with E-state index in [4.69, 9.17) is 14.2 Å². The smallest absolute Gasteiger partial charge is 0.362 e. The molecular weight excluding hydrogens is 775 g/mol. The first-order chi connectivity index (χ1) is 30.1. The monoisotopic (exact) mass is 869 g/mol. The van der Waals surface area contributed by atoms with Gasteiger partial charge in [-0.15, -0.1) is 0 Å². The number of ether oxygens (including phenoxy) is 3. The van der Waals surface area contributed by atoms with E-state index in [1.807, 2.05) is 21.1 Å². The van der Waals surface area contributed by atoms with E-state index < -0.39 is 18.1 Å². The summed E-state index contributed by atoms with van der Waals surface area (Å²) in [7, 11) is 5.52. The molecule has 0 aliphatic carbocycles. The predicted molar refractivity (Wildman–Crippen MR) is 261 cm³/mol. The third-order valence-corrected chi connectivity index (χ3v) is 10.8. The van der Waals surface area contributed by atoms with E-state index in [-0.39, 0.29) is 36.2 Å². The number of aliphatic carboxylic acids is 1. The molecule has 0 spiro atoms. The molecule has 62 heavy (non-hydrogen) atoms. The van der Waals surface area contributed by atoms with Crippen molar-refractivity contribution in [1.29, 1.82) is 0 Å². The number of quaternary nitrogens is 1. The maximum atomic E-state index is 12.8. The van der Waals surface area contributed by atoms with Crippen LogP contribution < -0.4 is 0 Å². The van der Waals surface area contributed by atoms with Gasteiger partial charge in [-0.1, -0.05) is 170 Å². The Morgan fingerprint density at radius 2 is 0.903 bits per heavy atom. The minimum atomic E-state index is -0.882. The van der Waals surface area contributed by atoms with Gasteiger partial charge in [0.1, 0.15) is 6.61 Å². The molecule has 2 atom stereocenters. The maximum absolute atomic E-state index is 12.8. The van der Waals surface area contributed by atoms with Gasteiger partial charge in [0.15, 0.2) is 12.1 Å². The third kappa shape index (κ3) is 42.1. The molecule has 0 saturated heterocycles. The van der Waals surface area contributed by atoms with Crippen LogP contribution in [0.15, 0.2) is 72.9 Å². The molecule has 8 nitrogen and oxygen atoms in total. The van der Waals surface area contributed by atoms with Gasteiger partial charge >= 0.3 is 17.9 Å². The first kappa shape index (κ1) is 58.8. The molecule has 0 fully saturated rings. The summed E-state index contributed by atoms with van der Waals surface area (Å²) in [5.74, 6) is -1.51. The fraction of sp³-hybridized carbons (Fsp3) is 0.722. The van der Waals surface area contributed by atoms with E-state index in [1.54, 1.807) is 0 Å². The topological polar surface area (TPSA) is 99.1 Å². The molecule has 0 aromatic rings. The Labute approximate surface area is 381 Å². The van der Waals surface area contributed by atoms with Gasteiger partial charge in [-0.2, -0.15) is 0 Å². The number of carboxylic acid groups (broad SMARTS) is 1. The highest BCUT2D eigenvalue weighted by molar-refractivity contribution is 5.72. The van der Waals surface area contributed by atoms with E-state index in [0.29, 0.717) is 19.3 Å². The SMILES string of the molecule is CC/C=C\C/C=C\C/C=C\C/C=C\CCCCCCC(=O)OC(COCCC(C(=O)O)[N+](C)(C)C)COC(=O)CCCCCCCCCCC/C=C\C/C=C\CCCCCCC. The van der Waals surface area contributed by atoms with Crippen LogP contribution in [0.1, 0.15) is 200 Å². The first-order valence-corrected chi connectivity index (χ1v) is 25.0. The number of nitrogens with zero attached hydrogens (tertiary/aromatic N) is 1. The molecule has 0 bridgehead atoms. The van der Waals surface area contributed by atoms with Crippen molar-refractivity contribution in [1.82, 2.24) is 0 Å². The molecule has 0 amide bonds. The third-order valence-electron chi connectivity index (χ3n) is 10.8. The highest BCUT2D eigenvalue weighted by atomic mass is 16.6. The summed E-state index contributed by atoms with van der Waals surface area (Å²) in [5, 5.41) is 9.65. The highest BCUT2D eigenvalue weighted by Crippen LogP contribution is 2.14. The number of carboxylic acids is 1. The zero-order valence-electron chi connectivity index (χ0n) is 40.6. The lowest BCUT2D eigenvalue weighted by atomic mass is 10.1. The quantitative estimate of drug-likeness (QED) is 0.0282. The average molecular weight is 869 g/mol. The van der Waals surface area contributed by atoms with Crippen LogP contribution >= 0.6 is 0 Å². The molecule has 0 heterocycles. The second-order valence-corrected chi connectivity index (χ2v) is 17.7. The second-order valence-electron chi connectivity index (χ2n) is 17.7. The van der Waals surface area contributed by atoms with Crippen molar-refractivity contribution in [3.8, 4) is 0 Å². The molecule has 0 aromatic carbocycles. The summed E-state index contributed by atoms with van der Waals surface area (Å²) in [4.78, 5) is 37.1. The first-order valence-electron chi connectivity index (χ1n) is 25.0. The Morgan fingerprint density at radius 1 is 0.500 bits per heavy atom. The van der Waals surface area contributed by atoms with Crippen molar-refractivity contribution in [3.05, 3.63) is 72.9 Å². The molecule has 0 rings (SSSR count). The van der Waals surface area contributed by atoms with Gasteiger partial charge in [0.05, 0.1) is 34.4 Å². The maximum Gasteiger partial charge on any atom is 0.362 e. The fourth-order valence-electron chi connectivity index (χ4n) is 6.99. The number of hydrogen-bond donors (Lipinski definition) is 1. The highest BCUT2D eigenvalue weighted by Gasteiger charge is 2.31. The molecule has 1 N–H and O–H groups in total. The molecule has 0 aliphatic heterocycles. The summed E-state index contributed by atoms with van der Waals surface area (Å²) in [6, 6.07) is -0.624. The Bertz CT molecular complexity index is 1240. The van der Waals surface area contributed by atoms with E-state index in [2.05, 4.69) is 86.8 Å². The van der Waals surface area contributed by atoms with Crippen LogP contribution in [0.25, 0.3) is 0 Å². The van der Waals surface area contributed by atoms with Crippen LogP contribution in [0.4, 0.5) is 0 Å². The molecule has 0 aromatic heterocycles. The number of unbranched alkanes of at least 4 members (excludes halogenated alkanes) is 18. The lowest BCUT2D eigenvalue weighted by Gasteiger charge is -2.31. The fourth-order valence-corrected chi connectivity index (χ4v) is 6.99. The molecule has 0 saturated carbocycles. The van der Waals surface area contributed by atoms with Gasteiger partial charge in [-0.3, -0.25) is 9.59 Å². The van der Waals surface area contributed by atoms with Crippen LogP contribution in [0.2, 0.25) is 0 Å². The molecule has 2 unspecified atom stereocenters. The molecule has 0 radical (unpaired) electrons. The Kier molecular flexibility index (Phi) is 42.1. The zero-order valence-corrected chi connectivity index (χ0v) is 40.6. The molecular formula is C54H94NO7+. The van der Waals surface area contributed by atoms with Crippen molar-refractivity contribution in [2.45, 2.75) is 212 Å². The van der Waals surface area contributed by atoms with Gasteiger partial charge in [0.25, 0.3) is 0 Å². The number of carbonyl (C=O) groups excluding carboxylic acids is 2. The minimum Gasteiger partial charge on any atom is -0.477 e. The van der Waals surface area contributed by atoms with E-state index in [9.17, 15) is 19.5 Å². The van der Waals surface area contributed by atoms with Gasteiger partial charge in [-0.25, -0.2) is 4.79 Å².